The minimum Gasteiger partial charge on any atom is -0.489 e. The fourth-order valence-corrected chi connectivity index (χ4v) is 3.26. The standard InChI is InChI=1S/C22H28N4O3/c27-21(26-19-5-1-2-6-19)11-13-24-22(28)25-15-17-7-9-20(10-8-17)29-16-18-4-3-12-23-14-18/h3-4,7-10,12,14,19H,1-2,5-6,11,13,15-16H2,(H,26,27)(H2,24,25,28). The summed E-state index contributed by atoms with van der Waals surface area (Å²) >= 11 is 0. The molecule has 3 N–H and O–H groups in total. The van der Waals surface area contributed by atoms with E-state index in [1.807, 2.05) is 36.4 Å². The summed E-state index contributed by atoms with van der Waals surface area (Å²) in [6.45, 7) is 1.19. The molecule has 1 aromatic heterocycles. The molecule has 1 aromatic carbocycles. The van der Waals surface area contributed by atoms with Crippen LogP contribution >= 0.6 is 0 Å². The van der Waals surface area contributed by atoms with E-state index in [1.54, 1.807) is 12.4 Å². The van der Waals surface area contributed by atoms with Gasteiger partial charge >= 0.3 is 6.03 Å². The SMILES string of the molecule is O=C(CCNC(=O)NCc1ccc(OCc2cccnc2)cc1)NC1CCCC1. The van der Waals surface area contributed by atoms with Gasteiger partial charge in [0.1, 0.15) is 12.4 Å². The molecule has 0 bridgehead atoms. The van der Waals surface area contributed by atoms with Gasteiger partial charge in [0, 0.05) is 43.5 Å². The number of amides is 3. The predicted octanol–water partition coefficient (Wildman–Crippen LogP) is 2.91. The van der Waals surface area contributed by atoms with Crippen molar-refractivity contribution in [3.8, 4) is 5.75 Å². The first-order valence-electron chi connectivity index (χ1n) is 10.1. The zero-order chi connectivity index (χ0) is 20.3. The van der Waals surface area contributed by atoms with E-state index in [0.717, 1.165) is 29.7 Å². The zero-order valence-electron chi connectivity index (χ0n) is 16.5. The highest BCUT2D eigenvalue weighted by Crippen LogP contribution is 2.17. The van der Waals surface area contributed by atoms with Gasteiger partial charge in [-0.05, 0) is 36.6 Å². The van der Waals surface area contributed by atoms with Gasteiger partial charge in [-0.3, -0.25) is 9.78 Å². The molecule has 0 radical (unpaired) electrons. The Kier molecular flexibility index (Phi) is 7.86. The van der Waals surface area contributed by atoms with Crippen LogP contribution in [0.25, 0.3) is 0 Å². The number of urea groups is 1. The van der Waals surface area contributed by atoms with Crippen LogP contribution in [0.2, 0.25) is 0 Å². The molecule has 1 aliphatic carbocycles. The van der Waals surface area contributed by atoms with Gasteiger partial charge in [0.05, 0.1) is 0 Å². The molecule has 1 fully saturated rings. The molecule has 1 aliphatic rings. The summed E-state index contributed by atoms with van der Waals surface area (Å²) in [5, 5.41) is 8.52. The van der Waals surface area contributed by atoms with Crippen LogP contribution in [0.4, 0.5) is 4.79 Å². The number of nitrogens with one attached hydrogen (secondary N) is 3. The summed E-state index contributed by atoms with van der Waals surface area (Å²) in [7, 11) is 0. The maximum atomic E-state index is 11.9. The molecular weight excluding hydrogens is 368 g/mol. The van der Waals surface area contributed by atoms with E-state index in [1.165, 1.54) is 12.8 Å². The summed E-state index contributed by atoms with van der Waals surface area (Å²) in [4.78, 5) is 27.8. The van der Waals surface area contributed by atoms with Crippen molar-refractivity contribution in [2.75, 3.05) is 6.54 Å². The van der Waals surface area contributed by atoms with Crippen molar-refractivity contribution in [1.82, 2.24) is 20.9 Å². The lowest BCUT2D eigenvalue weighted by molar-refractivity contribution is -0.121. The second kappa shape index (κ2) is 11.0. The fourth-order valence-electron chi connectivity index (χ4n) is 3.26. The van der Waals surface area contributed by atoms with E-state index in [2.05, 4.69) is 20.9 Å². The van der Waals surface area contributed by atoms with Gasteiger partial charge in [-0.15, -0.1) is 0 Å². The predicted molar refractivity (Wildman–Crippen MR) is 110 cm³/mol. The van der Waals surface area contributed by atoms with Crippen molar-refractivity contribution in [3.63, 3.8) is 0 Å². The monoisotopic (exact) mass is 396 g/mol. The van der Waals surface area contributed by atoms with Gasteiger partial charge in [-0.1, -0.05) is 31.0 Å². The van der Waals surface area contributed by atoms with E-state index < -0.39 is 0 Å². The molecule has 0 saturated heterocycles. The van der Waals surface area contributed by atoms with Crippen molar-refractivity contribution in [3.05, 3.63) is 59.9 Å². The summed E-state index contributed by atoms with van der Waals surface area (Å²) < 4.78 is 5.72. The Balaban J connectivity index is 1.29. The third-order valence-corrected chi connectivity index (χ3v) is 4.86. The van der Waals surface area contributed by atoms with Crippen LogP contribution in [0.3, 0.4) is 0 Å². The van der Waals surface area contributed by atoms with Crippen molar-refractivity contribution >= 4 is 11.9 Å². The average Bonchev–Trinajstić information content (AvgIpc) is 3.25. The first kappa shape index (κ1) is 20.6. The van der Waals surface area contributed by atoms with E-state index in [4.69, 9.17) is 4.74 Å². The van der Waals surface area contributed by atoms with E-state index in [-0.39, 0.29) is 11.9 Å². The number of carbonyl (C=O) groups is 2. The number of carbonyl (C=O) groups excluding carboxylic acids is 2. The van der Waals surface area contributed by atoms with Crippen molar-refractivity contribution in [2.45, 2.75) is 51.3 Å². The van der Waals surface area contributed by atoms with E-state index in [9.17, 15) is 9.59 Å². The lowest BCUT2D eigenvalue weighted by Gasteiger charge is -2.12. The highest BCUT2D eigenvalue weighted by atomic mass is 16.5. The number of aromatic nitrogens is 1. The molecule has 1 saturated carbocycles. The second-order valence-corrected chi connectivity index (χ2v) is 7.20. The fraction of sp³-hybridized carbons (Fsp3) is 0.409. The molecule has 0 aliphatic heterocycles. The molecule has 154 valence electrons. The van der Waals surface area contributed by atoms with E-state index >= 15 is 0 Å². The molecule has 0 unspecified atom stereocenters. The van der Waals surface area contributed by atoms with Crippen LogP contribution in [-0.2, 0) is 17.9 Å². The van der Waals surface area contributed by atoms with E-state index in [0.29, 0.717) is 32.2 Å². The third kappa shape index (κ3) is 7.44. The Hall–Kier alpha value is -3.09. The number of benzene rings is 1. The zero-order valence-corrected chi connectivity index (χ0v) is 16.5. The summed E-state index contributed by atoms with van der Waals surface area (Å²) in [6.07, 6.45) is 8.29. The maximum Gasteiger partial charge on any atom is 0.315 e. The average molecular weight is 396 g/mol. The minimum absolute atomic E-state index is 0.000859. The second-order valence-electron chi connectivity index (χ2n) is 7.20. The smallest absolute Gasteiger partial charge is 0.315 e. The normalized spacial score (nSPS) is 13.7. The number of hydrogen-bond acceptors (Lipinski definition) is 4. The quantitative estimate of drug-likeness (QED) is 0.608. The Morgan fingerprint density at radius 2 is 1.83 bits per heavy atom. The van der Waals surface area contributed by atoms with Gasteiger partial charge < -0.3 is 20.7 Å². The molecule has 7 heteroatoms. The van der Waals surface area contributed by atoms with Crippen molar-refractivity contribution < 1.29 is 14.3 Å². The number of ether oxygens (including phenoxy) is 1. The maximum absolute atomic E-state index is 11.9. The lowest BCUT2D eigenvalue weighted by Crippen LogP contribution is -2.39. The number of pyridine rings is 1. The first-order valence-corrected chi connectivity index (χ1v) is 10.1. The Bertz CT molecular complexity index is 774. The number of rotatable bonds is 9. The van der Waals surface area contributed by atoms with Crippen LogP contribution in [0.5, 0.6) is 5.75 Å². The molecule has 2 aromatic rings. The largest absolute Gasteiger partial charge is 0.489 e. The van der Waals surface area contributed by atoms with Gasteiger partial charge in [0.25, 0.3) is 0 Å². The van der Waals surface area contributed by atoms with Crippen LogP contribution < -0.4 is 20.7 Å². The summed E-state index contributed by atoms with van der Waals surface area (Å²) in [6, 6.07) is 11.4. The third-order valence-electron chi connectivity index (χ3n) is 4.86. The molecule has 29 heavy (non-hydrogen) atoms. The van der Waals surface area contributed by atoms with Gasteiger partial charge in [-0.2, -0.15) is 0 Å². The van der Waals surface area contributed by atoms with Crippen molar-refractivity contribution in [2.24, 2.45) is 0 Å². The molecule has 3 amide bonds. The summed E-state index contributed by atoms with van der Waals surface area (Å²) in [5.74, 6) is 0.759. The molecule has 7 nitrogen and oxygen atoms in total. The number of nitrogens with zero attached hydrogens (tertiary/aromatic N) is 1. The first-order chi connectivity index (χ1) is 14.2. The summed E-state index contributed by atoms with van der Waals surface area (Å²) in [5.41, 5.74) is 1.97. The van der Waals surface area contributed by atoms with Crippen LogP contribution in [0.1, 0.15) is 43.2 Å². The molecule has 1 heterocycles. The lowest BCUT2D eigenvalue weighted by atomic mass is 10.2. The van der Waals surface area contributed by atoms with Gasteiger partial charge in [-0.25, -0.2) is 4.79 Å². The molecule has 3 rings (SSSR count). The van der Waals surface area contributed by atoms with Crippen LogP contribution in [-0.4, -0.2) is 29.5 Å². The molecular formula is C22H28N4O3. The van der Waals surface area contributed by atoms with Gasteiger partial charge in [0.15, 0.2) is 0 Å². The number of hydrogen-bond donors (Lipinski definition) is 3. The van der Waals surface area contributed by atoms with Crippen molar-refractivity contribution in [1.29, 1.82) is 0 Å². The Morgan fingerprint density at radius 3 is 2.55 bits per heavy atom. The Morgan fingerprint density at radius 1 is 1.03 bits per heavy atom. The minimum atomic E-state index is -0.282. The molecule has 0 spiro atoms. The van der Waals surface area contributed by atoms with Gasteiger partial charge in [0.2, 0.25) is 5.91 Å². The highest BCUT2D eigenvalue weighted by molar-refractivity contribution is 5.78. The topological polar surface area (TPSA) is 92.4 Å². The van der Waals surface area contributed by atoms with Crippen LogP contribution in [0, 0.1) is 0 Å². The Labute approximate surface area is 171 Å². The highest BCUT2D eigenvalue weighted by Gasteiger charge is 2.16. The van der Waals surface area contributed by atoms with Crippen LogP contribution in [0.15, 0.2) is 48.8 Å². The molecule has 0 atom stereocenters.